The minimum absolute atomic E-state index is 0. The molecule has 0 saturated carbocycles. The van der Waals surface area contributed by atoms with Crippen LogP contribution in [-0.4, -0.2) is 338 Å². The van der Waals surface area contributed by atoms with Gasteiger partial charge in [-0.25, -0.2) is 8.42 Å². The number of esters is 4. The molecule has 43 heteroatoms. The van der Waals surface area contributed by atoms with E-state index in [2.05, 4.69) is 76.7 Å². The number of carbonyl (C=O) groups excluding carboxylic acids is 5. The number of carbonyl (C=O) groups is 5. The van der Waals surface area contributed by atoms with Gasteiger partial charge in [0, 0.05) is 7.11 Å². The van der Waals surface area contributed by atoms with E-state index < -0.39 is 63.8 Å². The summed E-state index contributed by atoms with van der Waals surface area (Å²) in [5.74, 6) is -2.10. The van der Waals surface area contributed by atoms with Crippen molar-refractivity contribution in [1.82, 2.24) is 0 Å². The third kappa shape index (κ3) is 81.1. The standard InChI is InChI=1S/C30H58O13.C22H44O10.C19H48O6Si5.C12H14F3NO3S.Na/c1-5-27(3)29(31)42-25-23-40-21-19-38-17-15-36-13-11-34-9-7-33-8-10-35-12-14-37-16-18-39-20-22-41-24-26-43-30(32)28(4)6-2;1-4-21(2)22(23)32-20-19-31-18-17-30-16-15-29-14-13-28-12-11-27-10-9-26-8-7-25-6-5-24-3;1-14-18(2)19(20)21-16-15-17-27(6,7)23-29(10,11)25-30(12,13)24-28(8,9)22-26(3,4)5;1-3-8(2)9-4-6-10(7-5-9)11(17)16-20(18,19)12(13,14)15;/h27-28H,5-26H2,1-4H3;21H,4-20H2,1-3H3;18H,14-17H2,1-13H3;4-8H,3H2,1-2H3,(H,16,17);/q;;;;+1/p-1. The molecule has 0 fully saturated rings. The molecule has 0 spiro atoms. The number of sulfonamides is 1. The van der Waals surface area contributed by atoms with Crippen molar-refractivity contribution in [3.8, 4) is 0 Å². The Morgan fingerprint density at radius 2 is 0.556 bits per heavy atom. The molecule has 5 unspecified atom stereocenters. The largest absolute Gasteiger partial charge is 1.00 e. The van der Waals surface area contributed by atoms with Gasteiger partial charge in [-0.3, -0.25) is 19.2 Å². The number of alkyl halides is 3. The van der Waals surface area contributed by atoms with Gasteiger partial charge in [0.25, 0.3) is 0 Å². The van der Waals surface area contributed by atoms with Crippen LogP contribution in [-0.2, 0) is 145 Å². The maximum Gasteiger partial charge on any atom is 1.00 e. The summed E-state index contributed by atoms with van der Waals surface area (Å²) in [5, 5.41) is 0. The summed E-state index contributed by atoms with van der Waals surface area (Å²) in [4.78, 5) is 57.7. The van der Waals surface area contributed by atoms with E-state index in [1.807, 2.05) is 69.2 Å². The average Bonchev–Trinajstić information content (AvgIpc) is 0.897. The molecule has 5 atom stereocenters. The summed E-state index contributed by atoms with van der Waals surface area (Å²) in [6.45, 7) is 60.2. The second-order valence-corrected chi connectivity index (χ2v) is 53.0. The van der Waals surface area contributed by atoms with Crippen LogP contribution in [0.15, 0.2) is 24.3 Å². The van der Waals surface area contributed by atoms with Gasteiger partial charge < -0.3 is 125 Å². The van der Waals surface area contributed by atoms with Crippen molar-refractivity contribution in [2.45, 2.75) is 197 Å². The second kappa shape index (κ2) is 81.0. The van der Waals surface area contributed by atoms with Crippen LogP contribution in [0.25, 0.3) is 4.72 Å². The van der Waals surface area contributed by atoms with Crippen LogP contribution in [0, 0.1) is 23.7 Å². The molecule has 0 aliphatic rings. The summed E-state index contributed by atoms with van der Waals surface area (Å²) < 4.78 is 198. The average molecular weight is 1940 g/mol. The first-order valence-corrected chi connectivity index (χ1v) is 60.3. The predicted octanol–water partition coefficient (Wildman–Crippen LogP) is 10.4. The Kier molecular flexibility index (Phi) is 83.4. The van der Waals surface area contributed by atoms with Crippen molar-refractivity contribution in [3.05, 3.63) is 40.1 Å². The first-order chi connectivity index (χ1) is 59.0. The normalized spacial score (nSPS) is 13.3. The fraction of sp³-hybridized carbons (Fsp3) is 0.867. The summed E-state index contributed by atoms with van der Waals surface area (Å²) in [5.41, 5.74) is -4.87. The third-order valence-corrected chi connectivity index (χ3v) is 36.2. The molecule has 1 aromatic rings. The first-order valence-electron chi connectivity index (χ1n) is 43.9. The molecule has 0 aliphatic heterocycles. The molecule has 0 aromatic heterocycles. The predicted molar refractivity (Wildman–Crippen MR) is 481 cm³/mol. The molecular formula is C83H163F3NNaO32SSi5. The number of nitrogens with zero attached hydrogens (tertiary/aromatic N) is 1. The van der Waals surface area contributed by atoms with Gasteiger partial charge in [0.05, 0.1) is 254 Å². The smallest absolute Gasteiger partial charge is 0.534 e. The molecule has 0 N–H and O–H groups in total. The van der Waals surface area contributed by atoms with Crippen LogP contribution in [0.1, 0.15) is 130 Å². The Morgan fingerprint density at radius 3 is 0.778 bits per heavy atom. The van der Waals surface area contributed by atoms with E-state index in [0.717, 1.165) is 50.1 Å². The number of halogens is 3. The molecule has 1 amide bonds. The van der Waals surface area contributed by atoms with E-state index in [4.69, 9.17) is 116 Å². The summed E-state index contributed by atoms with van der Waals surface area (Å²) in [6, 6.07) is 6.59. The molecule has 0 heterocycles. The van der Waals surface area contributed by atoms with Crippen molar-refractivity contribution >= 4 is 82.1 Å². The van der Waals surface area contributed by atoms with Crippen molar-refractivity contribution in [2.75, 3.05) is 252 Å². The maximum atomic E-state index is 12.1. The molecule has 0 radical (unpaired) electrons. The Hall–Kier alpha value is -2.45. The Morgan fingerprint density at radius 1 is 0.333 bits per heavy atom. The Bertz CT molecular complexity index is 2850. The van der Waals surface area contributed by atoms with Gasteiger partial charge in [-0.05, 0) is 134 Å². The quantitative estimate of drug-likeness (QED) is 0.0253. The fourth-order valence-corrected chi connectivity index (χ4v) is 34.2. The summed E-state index contributed by atoms with van der Waals surface area (Å²) in [7, 11) is -14.8. The summed E-state index contributed by atoms with van der Waals surface area (Å²) in [6.07, 6.45) is 4.81. The number of amides is 1. The van der Waals surface area contributed by atoms with E-state index in [-0.39, 0.29) is 108 Å². The number of ether oxygens (including phenoxy) is 21. The molecule has 0 aliphatic carbocycles. The van der Waals surface area contributed by atoms with E-state index in [1.54, 1.807) is 19.2 Å². The van der Waals surface area contributed by atoms with Crippen molar-refractivity contribution in [1.29, 1.82) is 0 Å². The molecular weight excluding hydrogens is 1780 g/mol. The number of methoxy groups -OCH3 is 1. The van der Waals surface area contributed by atoms with Crippen LogP contribution in [0.4, 0.5) is 13.2 Å². The summed E-state index contributed by atoms with van der Waals surface area (Å²) >= 11 is 0. The van der Waals surface area contributed by atoms with Gasteiger partial charge in [-0.2, -0.15) is 13.2 Å². The van der Waals surface area contributed by atoms with E-state index >= 15 is 0 Å². The van der Waals surface area contributed by atoms with E-state index in [1.165, 1.54) is 12.1 Å². The minimum atomic E-state index is -5.80. The first kappa shape index (κ1) is 130. The van der Waals surface area contributed by atoms with Crippen LogP contribution in [0.3, 0.4) is 0 Å². The number of hydrogen-bond donors (Lipinski definition) is 0. The topological polar surface area (TPSA) is 364 Å². The van der Waals surface area contributed by atoms with Crippen molar-refractivity contribution < 1.29 is 191 Å². The minimum Gasteiger partial charge on any atom is -0.534 e. The zero-order chi connectivity index (χ0) is 94.8. The SMILES string of the molecule is CCC(C)C(=O)OCCC[Si](C)(C)O[Si](C)(C)O[Si](C)(C)O[Si](C)(C)O[Si](C)(C)C.CCC(C)C(=O)OCCOCCOCCOCCOCCOCCOCCOCCOC.CCC(C)C(=O)OCCOCCOCCOCCOCCOCCOCCOCCOCCOCCOC(=O)C(C)CC.CCC(C)c1ccc(C(=O)[N-]S(=O)(=O)C(F)(F)F)cc1.[Na+]. The zero-order valence-electron chi connectivity index (χ0n) is 80.9. The van der Waals surface area contributed by atoms with Gasteiger partial charge in [-0.15, -0.1) is 0 Å². The van der Waals surface area contributed by atoms with E-state index in [9.17, 15) is 45.6 Å². The molecule has 0 saturated heterocycles. The Balaban J connectivity index is -0.000000809. The fourth-order valence-electron chi connectivity index (χ4n) is 10.0. The van der Waals surface area contributed by atoms with Crippen LogP contribution >= 0.6 is 0 Å². The van der Waals surface area contributed by atoms with Gasteiger partial charge in [0.15, 0.2) is 26.7 Å². The van der Waals surface area contributed by atoms with Crippen molar-refractivity contribution in [3.63, 3.8) is 0 Å². The number of benzene rings is 1. The third-order valence-electron chi connectivity index (χ3n) is 17.2. The molecule has 1 rings (SSSR count). The maximum absolute atomic E-state index is 12.1. The van der Waals surface area contributed by atoms with Crippen LogP contribution in [0.2, 0.25) is 78.1 Å². The monoisotopic (exact) mass is 1940 g/mol. The molecule has 0 bridgehead atoms. The van der Waals surface area contributed by atoms with Gasteiger partial charge in [0.1, 0.15) is 19.8 Å². The van der Waals surface area contributed by atoms with Crippen LogP contribution in [0.5, 0.6) is 0 Å². The Labute approximate surface area is 780 Å². The van der Waals surface area contributed by atoms with Gasteiger partial charge >= 0.3 is 84.6 Å². The molecule has 740 valence electrons. The van der Waals surface area contributed by atoms with Crippen molar-refractivity contribution in [2.24, 2.45) is 23.7 Å². The number of rotatable bonds is 78. The van der Waals surface area contributed by atoms with Gasteiger partial charge in [0.2, 0.25) is 0 Å². The number of hydrogen-bond acceptors (Lipinski definition) is 32. The second-order valence-electron chi connectivity index (χ2n) is 31.5. The molecule has 126 heavy (non-hydrogen) atoms. The van der Waals surface area contributed by atoms with Gasteiger partial charge in [-0.1, -0.05) is 93.5 Å². The molecule has 33 nitrogen and oxygen atoms in total. The molecule has 1 aromatic carbocycles. The van der Waals surface area contributed by atoms with Crippen LogP contribution < -0.4 is 29.6 Å². The zero-order valence-corrected chi connectivity index (χ0v) is 88.7. The van der Waals surface area contributed by atoms with E-state index in [0.29, 0.717) is 225 Å².